The van der Waals surface area contributed by atoms with E-state index in [0.717, 1.165) is 5.69 Å². The molecule has 0 aliphatic carbocycles. The van der Waals surface area contributed by atoms with E-state index in [1.165, 1.54) is 0 Å². The highest BCUT2D eigenvalue weighted by atomic mass is 16.6. The van der Waals surface area contributed by atoms with Gasteiger partial charge >= 0.3 is 0 Å². The summed E-state index contributed by atoms with van der Waals surface area (Å²) in [6.07, 6.45) is 1.63. The Hall–Kier alpha value is -3.54. The van der Waals surface area contributed by atoms with Gasteiger partial charge in [0.25, 0.3) is 5.91 Å². The standard InChI is InChI=1S/C21H19N3O3/c1-24(17-5-3-2-4-6-17)20-13-15(9-10-22-20)21(25)23-16-7-8-18-19(14-16)27-12-11-26-18/h2-10,13-14H,11-12H2,1H3,(H,23,25). The summed E-state index contributed by atoms with van der Waals surface area (Å²) in [7, 11) is 1.92. The number of fused-ring (bicyclic) bond motifs is 1. The molecule has 1 aliphatic heterocycles. The molecule has 136 valence electrons. The average molecular weight is 361 g/mol. The average Bonchev–Trinajstić information content (AvgIpc) is 2.74. The first-order valence-electron chi connectivity index (χ1n) is 8.66. The summed E-state index contributed by atoms with van der Waals surface area (Å²) in [4.78, 5) is 19.0. The van der Waals surface area contributed by atoms with Crippen LogP contribution in [0.3, 0.4) is 0 Å². The molecule has 0 saturated carbocycles. The Kier molecular flexibility index (Phi) is 4.61. The second kappa shape index (κ2) is 7.37. The molecule has 0 radical (unpaired) electrons. The van der Waals surface area contributed by atoms with E-state index < -0.39 is 0 Å². The van der Waals surface area contributed by atoms with Gasteiger partial charge in [-0.05, 0) is 36.4 Å². The first-order valence-corrected chi connectivity index (χ1v) is 8.66. The zero-order valence-corrected chi connectivity index (χ0v) is 14.9. The number of nitrogens with zero attached hydrogens (tertiary/aromatic N) is 2. The van der Waals surface area contributed by atoms with Crippen LogP contribution in [-0.4, -0.2) is 31.2 Å². The Labute approximate surface area is 157 Å². The molecule has 2 aromatic carbocycles. The van der Waals surface area contributed by atoms with Gasteiger partial charge in [-0.25, -0.2) is 4.98 Å². The smallest absolute Gasteiger partial charge is 0.255 e. The van der Waals surface area contributed by atoms with Crippen molar-refractivity contribution < 1.29 is 14.3 Å². The zero-order valence-electron chi connectivity index (χ0n) is 14.9. The number of anilines is 3. The molecule has 1 aromatic heterocycles. The van der Waals surface area contributed by atoms with Crippen LogP contribution in [0.2, 0.25) is 0 Å². The van der Waals surface area contributed by atoms with Crippen LogP contribution in [0, 0.1) is 0 Å². The quantitative estimate of drug-likeness (QED) is 0.764. The van der Waals surface area contributed by atoms with Crippen molar-refractivity contribution in [2.75, 3.05) is 30.5 Å². The lowest BCUT2D eigenvalue weighted by molar-refractivity contribution is 0.102. The first kappa shape index (κ1) is 16.9. The van der Waals surface area contributed by atoms with Crippen LogP contribution in [0.25, 0.3) is 0 Å². The number of amides is 1. The number of hydrogen-bond acceptors (Lipinski definition) is 5. The van der Waals surface area contributed by atoms with E-state index in [1.54, 1.807) is 36.5 Å². The molecule has 0 bridgehead atoms. The second-order valence-corrected chi connectivity index (χ2v) is 6.11. The molecule has 4 rings (SSSR count). The molecular formula is C21H19N3O3. The van der Waals surface area contributed by atoms with Gasteiger partial charge in [0.15, 0.2) is 11.5 Å². The normalized spacial score (nSPS) is 12.3. The Morgan fingerprint density at radius 1 is 1.00 bits per heavy atom. The Balaban J connectivity index is 1.52. The summed E-state index contributed by atoms with van der Waals surface area (Å²) >= 11 is 0. The first-order chi connectivity index (χ1) is 13.2. The summed E-state index contributed by atoms with van der Waals surface area (Å²) in [6.45, 7) is 1.04. The van der Waals surface area contributed by atoms with E-state index >= 15 is 0 Å². The van der Waals surface area contributed by atoms with Gasteiger partial charge in [0, 0.05) is 36.2 Å². The maximum absolute atomic E-state index is 12.7. The number of nitrogens with one attached hydrogen (secondary N) is 1. The van der Waals surface area contributed by atoms with Crippen molar-refractivity contribution in [2.45, 2.75) is 0 Å². The minimum absolute atomic E-state index is 0.211. The third kappa shape index (κ3) is 3.69. The van der Waals surface area contributed by atoms with Crippen molar-refractivity contribution in [2.24, 2.45) is 0 Å². The highest BCUT2D eigenvalue weighted by molar-refractivity contribution is 6.04. The highest BCUT2D eigenvalue weighted by Gasteiger charge is 2.14. The number of carbonyl (C=O) groups excluding carboxylic acids is 1. The molecule has 0 fully saturated rings. The van der Waals surface area contributed by atoms with E-state index in [4.69, 9.17) is 9.47 Å². The van der Waals surface area contributed by atoms with Gasteiger partial charge in [0.1, 0.15) is 19.0 Å². The molecule has 0 spiro atoms. The lowest BCUT2D eigenvalue weighted by Gasteiger charge is -2.19. The molecule has 0 unspecified atom stereocenters. The van der Waals surface area contributed by atoms with Gasteiger partial charge in [-0.15, -0.1) is 0 Å². The summed E-state index contributed by atoms with van der Waals surface area (Å²) in [5, 5.41) is 2.89. The van der Waals surface area contributed by atoms with Crippen LogP contribution in [0.15, 0.2) is 66.9 Å². The van der Waals surface area contributed by atoms with Crippen LogP contribution in [0.1, 0.15) is 10.4 Å². The van der Waals surface area contributed by atoms with E-state index in [1.807, 2.05) is 42.3 Å². The van der Waals surface area contributed by atoms with Crippen molar-refractivity contribution in [3.05, 3.63) is 72.4 Å². The van der Waals surface area contributed by atoms with Gasteiger partial charge in [-0.1, -0.05) is 18.2 Å². The molecule has 27 heavy (non-hydrogen) atoms. The number of hydrogen-bond donors (Lipinski definition) is 1. The van der Waals surface area contributed by atoms with Crippen molar-refractivity contribution >= 4 is 23.1 Å². The van der Waals surface area contributed by atoms with Crippen molar-refractivity contribution in [3.63, 3.8) is 0 Å². The summed E-state index contributed by atoms with van der Waals surface area (Å²) in [5.41, 5.74) is 2.17. The van der Waals surface area contributed by atoms with Crippen LogP contribution >= 0.6 is 0 Å². The highest BCUT2D eigenvalue weighted by Crippen LogP contribution is 2.32. The van der Waals surface area contributed by atoms with Crippen molar-refractivity contribution in [1.29, 1.82) is 0 Å². The van der Waals surface area contributed by atoms with Crippen LogP contribution < -0.4 is 19.7 Å². The van der Waals surface area contributed by atoms with Gasteiger partial charge < -0.3 is 19.7 Å². The third-order valence-corrected chi connectivity index (χ3v) is 4.29. The molecule has 0 atom stereocenters. The molecule has 1 N–H and O–H groups in total. The largest absolute Gasteiger partial charge is 0.486 e. The molecule has 2 heterocycles. The number of para-hydroxylation sites is 1. The van der Waals surface area contributed by atoms with Crippen LogP contribution in [0.5, 0.6) is 11.5 Å². The number of pyridine rings is 1. The van der Waals surface area contributed by atoms with Gasteiger partial charge in [0.05, 0.1) is 0 Å². The topological polar surface area (TPSA) is 63.7 Å². The molecule has 1 aliphatic rings. The number of benzene rings is 2. The summed E-state index contributed by atoms with van der Waals surface area (Å²) in [6, 6.07) is 18.7. The molecular weight excluding hydrogens is 342 g/mol. The number of ether oxygens (including phenoxy) is 2. The fourth-order valence-electron chi connectivity index (χ4n) is 2.85. The lowest BCUT2D eigenvalue weighted by Crippen LogP contribution is -2.17. The SMILES string of the molecule is CN(c1ccccc1)c1cc(C(=O)Nc2ccc3c(c2)OCCO3)ccn1. The minimum Gasteiger partial charge on any atom is -0.486 e. The van der Waals surface area contributed by atoms with Crippen molar-refractivity contribution in [1.82, 2.24) is 4.98 Å². The summed E-state index contributed by atoms with van der Waals surface area (Å²) < 4.78 is 11.1. The fraction of sp³-hybridized carbons (Fsp3) is 0.143. The molecule has 6 nitrogen and oxygen atoms in total. The molecule has 0 saturated heterocycles. The fourth-order valence-corrected chi connectivity index (χ4v) is 2.85. The van der Waals surface area contributed by atoms with E-state index in [2.05, 4.69) is 10.3 Å². The Morgan fingerprint density at radius 2 is 1.78 bits per heavy atom. The van der Waals surface area contributed by atoms with E-state index in [9.17, 15) is 4.79 Å². The maximum Gasteiger partial charge on any atom is 0.255 e. The third-order valence-electron chi connectivity index (χ3n) is 4.29. The lowest BCUT2D eigenvalue weighted by atomic mass is 10.2. The Morgan fingerprint density at radius 3 is 2.59 bits per heavy atom. The van der Waals surface area contributed by atoms with Gasteiger partial charge in [0.2, 0.25) is 0 Å². The monoisotopic (exact) mass is 361 g/mol. The van der Waals surface area contributed by atoms with E-state index in [-0.39, 0.29) is 5.91 Å². The number of rotatable bonds is 4. The minimum atomic E-state index is -0.211. The van der Waals surface area contributed by atoms with Crippen LogP contribution in [-0.2, 0) is 0 Å². The van der Waals surface area contributed by atoms with Crippen molar-refractivity contribution in [3.8, 4) is 11.5 Å². The maximum atomic E-state index is 12.7. The van der Waals surface area contributed by atoms with Gasteiger partial charge in [-0.3, -0.25) is 4.79 Å². The molecule has 6 heteroatoms. The van der Waals surface area contributed by atoms with Crippen LogP contribution in [0.4, 0.5) is 17.2 Å². The van der Waals surface area contributed by atoms with Gasteiger partial charge in [-0.2, -0.15) is 0 Å². The molecule has 1 amide bonds. The Bertz CT molecular complexity index is 960. The predicted molar refractivity (Wildman–Crippen MR) is 104 cm³/mol. The number of aromatic nitrogens is 1. The number of carbonyl (C=O) groups is 1. The molecule has 3 aromatic rings. The summed E-state index contributed by atoms with van der Waals surface area (Å²) in [5.74, 6) is 1.81. The predicted octanol–water partition coefficient (Wildman–Crippen LogP) is 3.87. The second-order valence-electron chi connectivity index (χ2n) is 6.11. The van der Waals surface area contributed by atoms with E-state index in [0.29, 0.717) is 41.8 Å². The zero-order chi connectivity index (χ0) is 18.6.